The fourth-order valence-electron chi connectivity index (χ4n) is 5.77. The number of nitrogens with one attached hydrogen (secondary N) is 1. The molecule has 0 spiro atoms. The van der Waals surface area contributed by atoms with Gasteiger partial charge in [-0.1, -0.05) is 65.7 Å². The van der Waals surface area contributed by atoms with Crippen LogP contribution >= 0.6 is 23.2 Å². The topological polar surface area (TPSA) is 56.4 Å². The Bertz CT molecular complexity index is 1480. The standard InChI is InChI=1S/C29H25Cl2N3O2/c1-29-27-26(22-4-2-3-5-24(22)32-27)23(19-8-12-21(31)13-9-19)16-34(29)25(35)17-33(28(29)36)15-14-18-6-10-20(30)11-7-18/h2-13,23,32H,14-17H2,1H3/t23?,29-/m0/s1. The molecule has 3 aromatic carbocycles. The van der Waals surface area contributed by atoms with Gasteiger partial charge >= 0.3 is 0 Å². The molecule has 36 heavy (non-hydrogen) atoms. The smallest absolute Gasteiger partial charge is 0.254 e. The van der Waals surface area contributed by atoms with Gasteiger partial charge in [0, 0.05) is 40.0 Å². The molecule has 2 atom stereocenters. The molecule has 0 aliphatic carbocycles. The molecule has 1 fully saturated rings. The van der Waals surface area contributed by atoms with Crippen molar-refractivity contribution in [3.8, 4) is 0 Å². The van der Waals surface area contributed by atoms with E-state index in [-0.39, 0.29) is 24.3 Å². The number of nitrogens with zero attached hydrogens (tertiary/aromatic N) is 2. The van der Waals surface area contributed by atoms with Crippen LogP contribution in [0.25, 0.3) is 10.9 Å². The number of fused-ring (bicyclic) bond motifs is 5. The number of hydrogen-bond donors (Lipinski definition) is 1. The first kappa shape index (κ1) is 23.1. The fraction of sp³-hybridized carbons (Fsp3) is 0.241. The summed E-state index contributed by atoms with van der Waals surface area (Å²) in [5, 5.41) is 2.42. The quantitative estimate of drug-likeness (QED) is 0.374. The van der Waals surface area contributed by atoms with Crippen LogP contribution in [0.3, 0.4) is 0 Å². The number of H-pyrrole nitrogens is 1. The molecule has 7 heteroatoms. The Kier molecular flexibility index (Phi) is 5.58. The second kappa shape index (κ2) is 8.68. The summed E-state index contributed by atoms with van der Waals surface area (Å²) in [7, 11) is 0. The highest BCUT2D eigenvalue weighted by Crippen LogP contribution is 2.48. The Morgan fingerprint density at radius 2 is 1.61 bits per heavy atom. The molecule has 2 aliphatic rings. The number of piperazine rings is 1. The minimum Gasteiger partial charge on any atom is -0.356 e. The normalized spacial score (nSPS) is 21.6. The van der Waals surface area contributed by atoms with E-state index in [1.807, 2.05) is 73.7 Å². The highest BCUT2D eigenvalue weighted by Gasteiger charge is 2.56. The monoisotopic (exact) mass is 517 g/mol. The molecule has 3 heterocycles. The van der Waals surface area contributed by atoms with E-state index in [4.69, 9.17) is 23.2 Å². The highest BCUT2D eigenvalue weighted by molar-refractivity contribution is 6.30. The summed E-state index contributed by atoms with van der Waals surface area (Å²) in [5.74, 6) is -0.172. The van der Waals surface area contributed by atoms with Crippen LogP contribution in [0.1, 0.15) is 35.2 Å². The van der Waals surface area contributed by atoms with Crippen molar-refractivity contribution in [3.05, 3.63) is 105 Å². The molecule has 1 unspecified atom stereocenters. The maximum absolute atomic E-state index is 14.1. The zero-order valence-corrected chi connectivity index (χ0v) is 21.3. The third kappa shape index (κ3) is 3.61. The summed E-state index contributed by atoms with van der Waals surface area (Å²) in [6.45, 7) is 2.85. The van der Waals surface area contributed by atoms with Crippen LogP contribution in [0.4, 0.5) is 0 Å². The number of aromatic amines is 1. The summed E-state index contributed by atoms with van der Waals surface area (Å²) < 4.78 is 0. The predicted molar refractivity (Wildman–Crippen MR) is 142 cm³/mol. The maximum atomic E-state index is 14.1. The Balaban J connectivity index is 1.43. The summed E-state index contributed by atoms with van der Waals surface area (Å²) in [5.41, 5.74) is 3.87. The second-order valence-corrected chi connectivity index (χ2v) is 10.6. The van der Waals surface area contributed by atoms with Crippen molar-refractivity contribution < 1.29 is 9.59 Å². The molecule has 5 nitrogen and oxygen atoms in total. The number of carbonyl (C=O) groups excluding carboxylic acids is 2. The Morgan fingerprint density at radius 1 is 0.944 bits per heavy atom. The molecular weight excluding hydrogens is 493 g/mol. The van der Waals surface area contributed by atoms with Crippen LogP contribution in [-0.2, 0) is 21.5 Å². The van der Waals surface area contributed by atoms with Crippen molar-refractivity contribution in [1.82, 2.24) is 14.8 Å². The molecule has 1 saturated heterocycles. The van der Waals surface area contributed by atoms with Crippen molar-refractivity contribution in [2.45, 2.75) is 24.8 Å². The lowest BCUT2D eigenvalue weighted by atomic mass is 9.76. The van der Waals surface area contributed by atoms with Crippen molar-refractivity contribution in [1.29, 1.82) is 0 Å². The molecule has 182 valence electrons. The van der Waals surface area contributed by atoms with E-state index in [1.165, 1.54) is 0 Å². The molecule has 1 N–H and O–H groups in total. The van der Waals surface area contributed by atoms with Crippen LogP contribution in [0.5, 0.6) is 0 Å². The molecular formula is C29H25Cl2N3O2. The third-order valence-electron chi connectivity index (χ3n) is 7.67. The average Bonchev–Trinajstić information content (AvgIpc) is 3.28. The van der Waals surface area contributed by atoms with Crippen LogP contribution in [0.15, 0.2) is 72.8 Å². The van der Waals surface area contributed by atoms with Gasteiger partial charge in [-0.05, 0) is 60.4 Å². The third-order valence-corrected chi connectivity index (χ3v) is 8.18. The number of para-hydroxylation sites is 1. The van der Waals surface area contributed by atoms with Crippen molar-refractivity contribution in [2.75, 3.05) is 19.6 Å². The number of rotatable bonds is 4. The van der Waals surface area contributed by atoms with Crippen LogP contribution in [0, 0.1) is 0 Å². The predicted octanol–water partition coefficient (Wildman–Crippen LogP) is 5.75. The molecule has 2 aliphatic heterocycles. The van der Waals surface area contributed by atoms with Gasteiger partial charge in [-0.15, -0.1) is 0 Å². The first-order valence-electron chi connectivity index (χ1n) is 12.1. The molecule has 2 amide bonds. The fourth-order valence-corrected chi connectivity index (χ4v) is 6.02. The molecule has 0 radical (unpaired) electrons. The van der Waals surface area contributed by atoms with Gasteiger partial charge in [0.2, 0.25) is 5.91 Å². The Morgan fingerprint density at radius 3 is 2.33 bits per heavy atom. The molecule has 1 aromatic heterocycles. The van der Waals surface area contributed by atoms with E-state index < -0.39 is 5.54 Å². The van der Waals surface area contributed by atoms with Gasteiger partial charge in [0.15, 0.2) is 5.54 Å². The number of carbonyl (C=O) groups is 2. The largest absolute Gasteiger partial charge is 0.356 e. The lowest BCUT2D eigenvalue weighted by molar-refractivity contribution is -0.166. The summed E-state index contributed by atoms with van der Waals surface area (Å²) in [6, 6.07) is 23.5. The van der Waals surface area contributed by atoms with Crippen molar-refractivity contribution in [2.24, 2.45) is 0 Å². The van der Waals surface area contributed by atoms with Gasteiger partial charge in [-0.25, -0.2) is 0 Å². The van der Waals surface area contributed by atoms with E-state index in [1.54, 1.807) is 9.80 Å². The first-order valence-corrected chi connectivity index (χ1v) is 12.8. The van der Waals surface area contributed by atoms with Gasteiger partial charge in [-0.2, -0.15) is 0 Å². The minimum absolute atomic E-state index is 0.0449. The van der Waals surface area contributed by atoms with E-state index in [9.17, 15) is 9.59 Å². The van der Waals surface area contributed by atoms with Crippen molar-refractivity contribution >= 4 is 45.9 Å². The zero-order valence-electron chi connectivity index (χ0n) is 19.8. The highest BCUT2D eigenvalue weighted by atomic mass is 35.5. The van der Waals surface area contributed by atoms with Crippen LogP contribution in [-0.4, -0.2) is 46.2 Å². The zero-order chi connectivity index (χ0) is 25.0. The van der Waals surface area contributed by atoms with Crippen molar-refractivity contribution in [3.63, 3.8) is 0 Å². The number of halogens is 2. The molecule has 4 aromatic rings. The Hall–Kier alpha value is -3.28. The molecule has 0 saturated carbocycles. The maximum Gasteiger partial charge on any atom is 0.254 e. The lowest BCUT2D eigenvalue weighted by Crippen LogP contribution is -2.67. The average molecular weight is 518 g/mol. The van der Waals surface area contributed by atoms with Crippen LogP contribution < -0.4 is 0 Å². The number of amides is 2. The summed E-state index contributed by atoms with van der Waals surface area (Å²) >= 11 is 12.2. The van der Waals surface area contributed by atoms with E-state index >= 15 is 0 Å². The van der Waals surface area contributed by atoms with Gasteiger partial charge in [-0.3, -0.25) is 9.59 Å². The first-order chi connectivity index (χ1) is 17.4. The number of aromatic nitrogens is 1. The number of hydrogen-bond acceptors (Lipinski definition) is 2. The second-order valence-electron chi connectivity index (χ2n) is 9.74. The van der Waals surface area contributed by atoms with Crippen LogP contribution in [0.2, 0.25) is 10.0 Å². The molecule has 6 rings (SSSR count). The van der Waals surface area contributed by atoms with Gasteiger partial charge in [0.05, 0.1) is 12.2 Å². The van der Waals surface area contributed by atoms with E-state index in [2.05, 4.69) is 11.1 Å². The molecule has 0 bridgehead atoms. The van der Waals surface area contributed by atoms with E-state index in [0.29, 0.717) is 29.6 Å². The summed E-state index contributed by atoms with van der Waals surface area (Å²) in [6.07, 6.45) is 0.652. The minimum atomic E-state index is -1.10. The van der Waals surface area contributed by atoms with Gasteiger partial charge in [0.1, 0.15) is 0 Å². The summed E-state index contributed by atoms with van der Waals surface area (Å²) in [4.78, 5) is 34.7. The van der Waals surface area contributed by atoms with Gasteiger partial charge < -0.3 is 14.8 Å². The number of benzene rings is 3. The van der Waals surface area contributed by atoms with E-state index in [0.717, 1.165) is 33.3 Å². The Labute approximate surface area is 219 Å². The van der Waals surface area contributed by atoms with Gasteiger partial charge in [0.25, 0.3) is 5.91 Å². The SMILES string of the molecule is C[C@]12C(=O)N(CCc3ccc(Cl)cc3)CC(=O)N1CC(c1ccc(Cl)cc1)c1c2[nH]c2ccccc12. The lowest BCUT2D eigenvalue weighted by Gasteiger charge is -2.51.